The first-order chi connectivity index (χ1) is 14.7. The molecule has 1 aliphatic rings. The van der Waals surface area contributed by atoms with E-state index in [9.17, 15) is 14.3 Å². The van der Waals surface area contributed by atoms with Gasteiger partial charge in [-0.05, 0) is 37.1 Å². The summed E-state index contributed by atoms with van der Waals surface area (Å²) in [6, 6.07) is 5.00. The Morgan fingerprint density at radius 3 is 2.84 bits per heavy atom. The number of fused-ring (bicyclic) bond motifs is 1. The van der Waals surface area contributed by atoms with Crippen molar-refractivity contribution < 1.29 is 14.3 Å². The van der Waals surface area contributed by atoms with Crippen molar-refractivity contribution in [3.8, 4) is 11.1 Å². The highest BCUT2D eigenvalue weighted by atomic mass is 35.5. The fraction of sp³-hybridized carbons (Fsp3) is 0.227. The third-order valence-electron chi connectivity index (χ3n) is 5.13. The van der Waals surface area contributed by atoms with E-state index in [1.165, 1.54) is 6.08 Å². The zero-order valence-electron chi connectivity index (χ0n) is 17.0. The largest absolute Gasteiger partial charge is 0.383 e. The van der Waals surface area contributed by atoms with Crippen LogP contribution in [0.15, 0.2) is 47.9 Å². The number of carbonyl (C=O) groups is 1. The summed E-state index contributed by atoms with van der Waals surface area (Å²) in [6.07, 6.45) is 3.96. The van der Waals surface area contributed by atoms with Crippen LogP contribution in [0.3, 0.4) is 0 Å². The van der Waals surface area contributed by atoms with E-state index in [1.54, 1.807) is 31.2 Å². The lowest BCUT2D eigenvalue weighted by molar-refractivity contribution is -0.122. The van der Waals surface area contributed by atoms with Crippen LogP contribution in [0.1, 0.15) is 18.7 Å². The molecule has 0 bridgehead atoms. The molecule has 1 atom stereocenters. The van der Waals surface area contributed by atoms with Gasteiger partial charge in [-0.3, -0.25) is 4.79 Å². The van der Waals surface area contributed by atoms with Crippen LogP contribution in [0.4, 0.5) is 15.9 Å². The summed E-state index contributed by atoms with van der Waals surface area (Å²) in [6.45, 7) is 1.77. The van der Waals surface area contributed by atoms with Crippen LogP contribution < -0.4 is 11.1 Å². The number of halogens is 2. The fourth-order valence-electron chi connectivity index (χ4n) is 3.67. The molecule has 0 radical (unpaired) electrons. The van der Waals surface area contributed by atoms with Gasteiger partial charge in [0.25, 0.3) is 5.91 Å². The first kappa shape index (κ1) is 21.0. The minimum atomic E-state index is -1.47. The first-order valence-corrected chi connectivity index (χ1v) is 10.1. The number of aliphatic hydroxyl groups is 1. The molecule has 1 amide bonds. The fourth-order valence-corrected chi connectivity index (χ4v) is 3.95. The molecule has 9 heteroatoms. The minimum absolute atomic E-state index is 0.241. The smallest absolute Gasteiger partial charge is 0.257 e. The second-order valence-electron chi connectivity index (χ2n) is 7.43. The number of anilines is 2. The predicted molar refractivity (Wildman–Crippen MR) is 119 cm³/mol. The molecule has 4 N–H and O–H groups in total. The van der Waals surface area contributed by atoms with Crippen LogP contribution in [-0.2, 0) is 11.8 Å². The van der Waals surface area contributed by atoms with E-state index in [2.05, 4.69) is 15.3 Å². The standard InChI is InChI=1S/C22H21ClFN5O2/c1-11-26-20(25)18-16(10-29(2)21(18)27-11)15-7-6-14(9-17(15)23)28-22(31)19(30)12-4-3-5-13(24)8-12/h4,6-10,19,30H,3,5H2,1-2H3,(H,28,31)(H2,25,26,27). The average Bonchev–Trinajstić information content (AvgIpc) is 3.04. The third-order valence-corrected chi connectivity index (χ3v) is 5.45. The summed E-state index contributed by atoms with van der Waals surface area (Å²) >= 11 is 6.51. The van der Waals surface area contributed by atoms with Crippen LogP contribution in [0, 0.1) is 6.92 Å². The Kier molecular flexibility index (Phi) is 5.51. The Hall–Kier alpha value is -3.23. The summed E-state index contributed by atoms with van der Waals surface area (Å²) in [5.74, 6) is -0.0939. The van der Waals surface area contributed by atoms with Crippen LogP contribution >= 0.6 is 11.6 Å². The summed E-state index contributed by atoms with van der Waals surface area (Å²) in [4.78, 5) is 21.1. The monoisotopic (exact) mass is 441 g/mol. The first-order valence-electron chi connectivity index (χ1n) is 9.68. The lowest BCUT2D eigenvalue weighted by atomic mass is 10.0. The van der Waals surface area contributed by atoms with Gasteiger partial charge in [-0.15, -0.1) is 0 Å². The molecule has 1 aromatic carbocycles. The van der Waals surface area contributed by atoms with Gasteiger partial charge in [-0.25, -0.2) is 14.4 Å². The summed E-state index contributed by atoms with van der Waals surface area (Å²) < 4.78 is 15.3. The molecular formula is C22H21ClFN5O2. The second kappa shape index (κ2) is 8.13. The van der Waals surface area contributed by atoms with E-state index in [-0.39, 0.29) is 17.8 Å². The van der Waals surface area contributed by atoms with Crippen molar-refractivity contribution in [2.75, 3.05) is 11.1 Å². The number of nitrogens with two attached hydrogens (primary N) is 1. The topological polar surface area (TPSA) is 106 Å². The van der Waals surface area contributed by atoms with E-state index in [0.717, 1.165) is 5.56 Å². The molecule has 3 aromatic rings. The molecule has 0 saturated carbocycles. The van der Waals surface area contributed by atoms with Crippen LogP contribution in [-0.4, -0.2) is 31.7 Å². The van der Waals surface area contributed by atoms with Gasteiger partial charge in [-0.2, -0.15) is 0 Å². The number of nitrogens with zero attached hydrogens (tertiary/aromatic N) is 3. The number of nitrogens with one attached hydrogen (secondary N) is 1. The number of aromatic nitrogens is 3. The van der Waals surface area contributed by atoms with Crippen LogP contribution in [0.5, 0.6) is 0 Å². The van der Waals surface area contributed by atoms with Gasteiger partial charge in [0.15, 0.2) is 6.10 Å². The van der Waals surface area contributed by atoms with E-state index in [0.29, 0.717) is 45.4 Å². The molecule has 1 unspecified atom stereocenters. The SMILES string of the molecule is Cc1nc(N)c2c(-c3ccc(NC(=O)C(O)C4=CCCC(F)=C4)cc3Cl)cn(C)c2n1. The number of benzene rings is 1. The Bertz CT molecular complexity index is 1260. The lowest BCUT2D eigenvalue weighted by Gasteiger charge is -2.16. The third kappa shape index (κ3) is 4.04. The van der Waals surface area contributed by atoms with Gasteiger partial charge in [0.2, 0.25) is 0 Å². The van der Waals surface area contributed by atoms with Crippen molar-refractivity contribution in [2.24, 2.45) is 7.05 Å². The summed E-state index contributed by atoms with van der Waals surface area (Å²) in [5.41, 5.74) is 8.94. The Balaban J connectivity index is 1.62. The quantitative estimate of drug-likeness (QED) is 0.566. The van der Waals surface area contributed by atoms with Gasteiger partial charge in [-0.1, -0.05) is 23.7 Å². The lowest BCUT2D eigenvalue weighted by Crippen LogP contribution is -2.29. The molecule has 2 heterocycles. The molecule has 4 rings (SSSR count). The predicted octanol–water partition coefficient (Wildman–Crippen LogP) is 4.05. The van der Waals surface area contributed by atoms with Crippen LogP contribution in [0.2, 0.25) is 5.02 Å². The molecule has 160 valence electrons. The van der Waals surface area contributed by atoms with Gasteiger partial charge in [0, 0.05) is 36.5 Å². The summed E-state index contributed by atoms with van der Waals surface area (Å²) in [7, 11) is 1.86. The number of nitrogen functional groups attached to an aromatic ring is 1. The molecule has 7 nitrogen and oxygen atoms in total. The maximum absolute atomic E-state index is 13.4. The van der Waals surface area contributed by atoms with E-state index in [1.807, 2.05) is 17.8 Å². The highest BCUT2D eigenvalue weighted by Crippen LogP contribution is 2.37. The number of aliphatic hydroxyl groups excluding tert-OH is 1. The zero-order chi connectivity index (χ0) is 22.3. The molecule has 0 aliphatic heterocycles. The highest BCUT2D eigenvalue weighted by molar-refractivity contribution is 6.34. The normalized spacial score (nSPS) is 14.9. The van der Waals surface area contributed by atoms with Gasteiger partial charge in [0.1, 0.15) is 23.1 Å². The summed E-state index contributed by atoms with van der Waals surface area (Å²) in [5, 5.41) is 13.9. The van der Waals surface area contributed by atoms with Crippen molar-refractivity contribution in [3.05, 3.63) is 58.8 Å². The van der Waals surface area contributed by atoms with Crippen molar-refractivity contribution in [3.63, 3.8) is 0 Å². The second-order valence-corrected chi connectivity index (χ2v) is 7.84. The van der Waals surface area contributed by atoms with E-state index < -0.39 is 12.0 Å². The average molecular weight is 442 g/mol. The van der Waals surface area contributed by atoms with Gasteiger partial charge < -0.3 is 20.7 Å². The number of hydrogen-bond donors (Lipinski definition) is 3. The van der Waals surface area contributed by atoms with Crippen LogP contribution in [0.25, 0.3) is 22.2 Å². The molecule has 0 spiro atoms. The maximum Gasteiger partial charge on any atom is 0.257 e. The number of aryl methyl sites for hydroxylation is 2. The minimum Gasteiger partial charge on any atom is -0.383 e. The molecular weight excluding hydrogens is 421 g/mol. The maximum atomic E-state index is 13.4. The van der Waals surface area contributed by atoms with Gasteiger partial charge in [0.05, 0.1) is 10.4 Å². The number of rotatable bonds is 4. The molecule has 2 aromatic heterocycles. The Morgan fingerprint density at radius 1 is 1.35 bits per heavy atom. The number of hydrogen-bond acceptors (Lipinski definition) is 5. The Morgan fingerprint density at radius 2 is 2.13 bits per heavy atom. The molecule has 0 fully saturated rings. The Labute approximate surface area is 183 Å². The number of amides is 1. The number of carbonyl (C=O) groups excluding carboxylic acids is 1. The molecule has 0 saturated heterocycles. The van der Waals surface area contributed by atoms with Crippen molar-refractivity contribution >= 4 is 40.0 Å². The zero-order valence-corrected chi connectivity index (χ0v) is 17.7. The number of allylic oxidation sites excluding steroid dienone is 2. The van der Waals surface area contributed by atoms with E-state index in [4.69, 9.17) is 17.3 Å². The molecule has 1 aliphatic carbocycles. The van der Waals surface area contributed by atoms with E-state index >= 15 is 0 Å². The molecule has 31 heavy (non-hydrogen) atoms. The highest BCUT2D eigenvalue weighted by Gasteiger charge is 2.22. The van der Waals surface area contributed by atoms with Gasteiger partial charge >= 0.3 is 0 Å². The van der Waals surface area contributed by atoms with Crippen molar-refractivity contribution in [1.29, 1.82) is 0 Å². The van der Waals surface area contributed by atoms with Crippen molar-refractivity contribution in [1.82, 2.24) is 14.5 Å². The van der Waals surface area contributed by atoms with Crippen molar-refractivity contribution in [2.45, 2.75) is 25.9 Å².